The van der Waals surface area contributed by atoms with Crippen molar-refractivity contribution in [3.63, 3.8) is 0 Å². The van der Waals surface area contributed by atoms with Crippen LogP contribution in [-0.2, 0) is 14.8 Å². The van der Waals surface area contributed by atoms with E-state index in [1.165, 1.54) is 6.54 Å². The summed E-state index contributed by atoms with van der Waals surface area (Å²) in [5.74, 6) is 0.722. The molecule has 7 heteroatoms. The molecule has 0 aliphatic carbocycles. The van der Waals surface area contributed by atoms with E-state index in [0.29, 0.717) is 24.0 Å². The van der Waals surface area contributed by atoms with Gasteiger partial charge in [-0.1, -0.05) is 32.0 Å². The molecule has 0 saturated carbocycles. The summed E-state index contributed by atoms with van der Waals surface area (Å²) in [6.45, 7) is 12.3. The first-order valence-electron chi connectivity index (χ1n) is 11.5. The van der Waals surface area contributed by atoms with Crippen LogP contribution in [0.15, 0.2) is 35.2 Å². The van der Waals surface area contributed by atoms with E-state index >= 15 is 0 Å². The lowest BCUT2D eigenvalue weighted by atomic mass is 9.82. The zero-order valence-electron chi connectivity index (χ0n) is 18.5. The minimum atomic E-state index is -3.41. The van der Waals surface area contributed by atoms with Crippen LogP contribution in [0.25, 0.3) is 0 Å². The molecule has 3 heterocycles. The fraction of sp³-hybridized carbons (Fsp3) is 0.739. The molecule has 0 aromatic heterocycles. The van der Waals surface area contributed by atoms with Crippen molar-refractivity contribution in [2.75, 3.05) is 52.4 Å². The van der Waals surface area contributed by atoms with Gasteiger partial charge in [0, 0.05) is 58.5 Å². The number of ether oxygens (including phenoxy) is 1. The highest BCUT2D eigenvalue weighted by Crippen LogP contribution is 2.38. The number of hydrogen-bond acceptors (Lipinski definition) is 5. The number of piperazine rings is 1. The number of piperidine rings is 1. The first kappa shape index (κ1) is 22.2. The minimum Gasteiger partial charge on any atom is -0.375 e. The Labute approximate surface area is 182 Å². The van der Waals surface area contributed by atoms with Crippen LogP contribution in [0.3, 0.4) is 0 Å². The largest absolute Gasteiger partial charge is 0.375 e. The van der Waals surface area contributed by atoms with Gasteiger partial charge in [0.1, 0.15) is 0 Å². The fourth-order valence-electron chi connectivity index (χ4n) is 5.37. The van der Waals surface area contributed by atoms with Crippen LogP contribution in [0.4, 0.5) is 0 Å². The van der Waals surface area contributed by atoms with Crippen LogP contribution in [0.2, 0.25) is 0 Å². The van der Waals surface area contributed by atoms with Crippen molar-refractivity contribution in [1.29, 1.82) is 0 Å². The summed E-state index contributed by atoms with van der Waals surface area (Å²) in [7, 11) is -3.41. The lowest BCUT2D eigenvalue weighted by Gasteiger charge is -2.49. The first-order valence-corrected chi connectivity index (χ1v) is 13.0. The van der Waals surface area contributed by atoms with Crippen LogP contribution in [0.1, 0.15) is 39.5 Å². The summed E-state index contributed by atoms with van der Waals surface area (Å²) in [4.78, 5) is 5.64. The summed E-state index contributed by atoms with van der Waals surface area (Å²) >= 11 is 0. The highest BCUT2D eigenvalue weighted by molar-refractivity contribution is 7.89. The van der Waals surface area contributed by atoms with Gasteiger partial charge < -0.3 is 9.64 Å². The average molecular weight is 436 g/mol. The van der Waals surface area contributed by atoms with E-state index in [2.05, 4.69) is 23.6 Å². The zero-order valence-corrected chi connectivity index (χ0v) is 19.3. The highest BCUT2D eigenvalue weighted by Gasteiger charge is 2.44. The van der Waals surface area contributed by atoms with Gasteiger partial charge >= 0.3 is 0 Å². The molecule has 3 saturated heterocycles. The van der Waals surface area contributed by atoms with Gasteiger partial charge in [-0.05, 0) is 43.7 Å². The highest BCUT2D eigenvalue weighted by atomic mass is 32.2. The first-order chi connectivity index (χ1) is 14.4. The van der Waals surface area contributed by atoms with Crippen molar-refractivity contribution in [3.8, 4) is 0 Å². The van der Waals surface area contributed by atoms with E-state index in [9.17, 15) is 8.42 Å². The quantitative estimate of drug-likeness (QED) is 0.712. The molecule has 3 aliphatic rings. The van der Waals surface area contributed by atoms with Crippen LogP contribution in [0, 0.1) is 5.92 Å². The van der Waals surface area contributed by atoms with Gasteiger partial charge in [-0.3, -0.25) is 4.90 Å². The van der Waals surface area contributed by atoms with Crippen LogP contribution in [-0.4, -0.2) is 86.6 Å². The summed E-state index contributed by atoms with van der Waals surface area (Å²) < 4.78 is 33.9. The molecule has 0 N–H and O–H groups in total. The Morgan fingerprint density at radius 2 is 1.70 bits per heavy atom. The standard InChI is InChI=1S/C23H37N3O3S/c1-20(2)19-24-13-15-25(16-14-24)21-8-17-29-23(18-21)9-11-26(12-10-23)30(27,28)22-6-4-3-5-7-22/h3-7,20-21H,8-19H2,1-2H3. The van der Waals surface area contributed by atoms with E-state index in [-0.39, 0.29) is 5.60 Å². The van der Waals surface area contributed by atoms with Gasteiger partial charge in [-0.25, -0.2) is 8.42 Å². The molecule has 1 aromatic carbocycles. The molecular formula is C23H37N3O3S. The molecular weight excluding hydrogens is 398 g/mol. The maximum Gasteiger partial charge on any atom is 0.243 e. The summed E-state index contributed by atoms with van der Waals surface area (Å²) in [5.41, 5.74) is -0.152. The number of benzene rings is 1. The van der Waals surface area contributed by atoms with E-state index in [4.69, 9.17) is 4.74 Å². The molecule has 168 valence electrons. The molecule has 30 heavy (non-hydrogen) atoms. The molecule has 0 bridgehead atoms. The third-order valence-electron chi connectivity index (χ3n) is 7.03. The molecule has 1 atom stereocenters. The molecule has 4 rings (SSSR count). The second kappa shape index (κ2) is 9.25. The topological polar surface area (TPSA) is 53.1 Å². The SMILES string of the molecule is CC(C)CN1CCN(C2CCOC3(CCN(S(=O)(=O)c4ccccc4)CC3)C2)CC1. The smallest absolute Gasteiger partial charge is 0.243 e. The Kier molecular flexibility index (Phi) is 6.85. The van der Waals surface area contributed by atoms with Gasteiger partial charge in [0.25, 0.3) is 0 Å². The Bertz CT molecular complexity index is 783. The van der Waals surface area contributed by atoms with Crippen molar-refractivity contribution in [3.05, 3.63) is 30.3 Å². The maximum absolute atomic E-state index is 12.9. The van der Waals surface area contributed by atoms with Gasteiger partial charge in [0.05, 0.1) is 10.5 Å². The minimum absolute atomic E-state index is 0.152. The lowest BCUT2D eigenvalue weighted by molar-refractivity contribution is -0.130. The molecule has 6 nitrogen and oxygen atoms in total. The molecule has 1 spiro atoms. The van der Waals surface area contributed by atoms with E-state index < -0.39 is 10.0 Å². The Hall–Kier alpha value is -0.990. The normalized spacial score (nSPS) is 27.0. The Morgan fingerprint density at radius 1 is 1.03 bits per heavy atom. The summed E-state index contributed by atoms with van der Waals surface area (Å²) in [6.07, 6.45) is 3.72. The van der Waals surface area contributed by atoms with Crippen molar-refractivity contribution in [1.82, 2.24) is 14.1 Å². The molecule has 3 aliphatic heterocycles. The Morgan fingerprint density at radius 3 is 2.33 bits per heavy atom. The fourth-order valence-corrected chi connectivity index (χ4v) is 6.83. The lowest BCUT2D eigenvalue weighted by Crippen LogP contribution is -2.57. The van der Waals surface area contributed by atoms with E-state index in [0.717, 1.165) is 64.4 Å². The number of rotatable bonds is 5. The van der Waals surface area contributed by atoms with Crippen molar-refractivity contribution in [2.45, 2.75) is 56.1 Å². The van der Waals surface area contributed by atoms with Crippen LogP contribution >= 0.6 is 0 Å². The van der Waals surface area contributed by atoms with E-state index in [1.54, 1.807) is 28.6 Å². The van der Waals surface area contributed by atoms with Crippen molar-refractivity contribution >= 4 is 10.0 Å². The van der Waals surface area contributed by atoms with Crippen molar-refractivity contribution < 1.29 is 13.2 Å². The zero-order chi connectivity index (χ0) is 21.2. The molecule has 0 amide bonds. The number of nitrogens with zero attached hydrogens (tertiary/aromatic N) is 3. The second-order valence-corrected chi connectivity index (χ2v) is 11.6. The van der Waals surface area contributed by atoms with Gasteiger partial charge in [-0.2, -0.15) is 4.31 Å². The molecule has 3 fully saturated rings. The van der Waals surface area contributed by atoms with Crippen LogP contribution in [0.5, 0.6) is 0 Å². The third-order valence-corrected chi connectivity index (χ3v) is 8.94. The molecule has 1 aromatic rings. The van der Waals surface area contributed by atoms with Crippen LogP contribution < -0.4 is 0 Å². The molecule has 1 unspecified atom stereocenters. The predicted octanol–water partition coefficient (Wildman–Crippen LogP) is 2.66. The summed E-state index contributed by atoms with van der Waals surface area (Å²) in [5, 5.41) is 0. The van der Waals surface area contributed by atoms with E-state index in [1.807, 2.05) is 6.07 Å². The average Bonchev–Trinajstić information content (AvgIpc) is 2.75. The summed E-state index contributed by atoms with van der Waals surface area (Å²) in [6, 6.07) is 9.36. The van der Waals surface area contributed by atoms with Gasteiger partial charge in [0.2, 0.25) is 10.0 Å². The molecule has 0 radical (unpaired) electrons. The predicted molar refractivity (Wildman–Crippen MR) is 119 cm³/mol. The number of hydrogen-bond donors (Lipinski definition) is 0. The monoisotopic (exact) mass is 435 g/mol. The van der Waals surface area contributed by atoms with Gasteiger partial charge in [0.15, 0.2) is 0 Å². The van der Waals surface area contributed by atoms with Gasteiger partial charge in [-0.15, -0.1) is 0 Å². The third kappa shape index (κ3) is 4.91. The Balaban J connectivity index is 1.33. The number of sulfonamides is 1. The maximum atomic E-state index is 12.9. The second-order valence-electron chi connectivity index (χ2n) is 9.63. The van der Waals surface area contributed by atoms with Crippen molar-refractivity contribution in [2.24, 2.45) is 5.92 Å².